The van der Waals surface area contributed by atoms with Crippen LogP contribution in [0.5, 0.6) is 0 Å². The van der Waals surface area contributed by atoms with Crippen LogP contribution in [0.25, 0.3) is 0 Å². The van der Waals surface area contributed by atoms with Crippen LogP contribution in [0.1, 0.15) is 0 Å². The van der Waals surface area contributed by atoms with Gasteiger partial charge in [-0.25, -0.2) is 9.97 Å². The van der Waals surface area contributed by atoms with Gasteiger partial charge in [-0.15, -0.1) is 10.2 Å². The van der Waals surface area contributed by atoms with E-state index in [1.54, 1.807) is 24.5 Å². The molecule has 14 heavy (non-hydrogen) atoms. The minimum atomic E-state index is 0.582. The first kappa shape index (κ1) is 8.50. The molecule has 0 bridgehead atoms. The molecule has 0 unspecified atom stereocenters. The van der Waals surface area contributed by atoms with Crippen molar-refractivity contribution in [3.63, 3.8) is 0 Å². The Morgan fingerprint density at radius 1 is 0.714 bits per heavy atom. The summed E-state index contributed by atoms with van der Waals surface area (Å²) >= 11 is 0. The van der Waals surface area contributed by atoms with Crippen LogP contribution in [0.3, 0.4) is 0 Å². The van der Waals surface area contributed by atoms with Crippen molar-refractivity contribution in [2.24, 2.45) is 10.2 Å². The predicted octanol–water partition coefficient (Wildman–Crippen LogP) is 2.89. The third-order valence-corrected chi connectivity index (χ3v) is 1.55. The molecule has 0 fully saturated rings. The molecular formula is C10H8N4. The second-order valence-corrected chi connectivity index (χ2v) is 2.58. The highest BCUT2D eigenvalue weighted by Gasteiger charge is 1.88. The van der Waals surface area contributed by atoms with Gasteiger partial charge < -0.3 is 0 Å². The van der Waals surface area contributed by atoms with Gasteiger partial charge in [0.05, 0.1) is 0 Å². The lowest BCUT2D eigenvalue weighted by molar-refractivity contribution is 1.11. The molecule has 4 nitrogen and oxygen atoms in total. The second kappa shape index (κ2) is 4.23. The molecule has 0 saturated heterocycles. The maximum atomic E-state index is 4.01. The van der Waals surface area contributed by atoms with E-state index in [-0.39, 0.29) is 0 Å². The first-order chi connectivity index (χ1) is 6.95. The van der Waals surface area contributed by atoms with Crippen LogP contribution >= 0.6 is 0 Å². The van der Waals surface area contributed by atoms with E-state index in [1.165, 1.54) is 0 Å². The van der Waals surface area contributed by atoms with E-state index in [0.29, 0.717) is 11.6 Å². The van der Waals surface area contributed by atoms with E-state index >= 15 is 0 Å². The zero-order valence-electron chi connectivity index (χ0n) is 7.41. The summed E-state index contributed by atoms with van der Waals surface area (Å²) in [7, 11) is 0. The van der Waals surface area contributed by atoms with Crippen LogP contribution in [0, 0.1) is 0 Å². The Morgan fingerprint density at radius 2 is 1.21 bits per heavy atom. The Morgan fingerprint density at radius 3 is 1.57 bits per heavy atom. The summed E-state index contributed by atoms with van der Waals surface area (Å²) in [5.41, 5.74) is 0. The molecule has 0 radical (unpaired) electrons. The van der Waals surface area contributed by atoms with Crippen molar-refractivity contribution in [1.29, 1.82) is 0 Å². The molecule has 2 aromatic rings. The molecule has 2 heterocycles. The van der Waals surface area contributed by atoms with Crippen LogP contribution < -0.4 is 0 Å². The summed E-state index contributed by atoms with van der Waals surface area (Å²) < 4.78 is 0. The number of pyridine rings is 2. The minimum Gasteiger partial charge on any atom is -0.236 e. The largest absolute Gasteiger partial charge is 0.236 e. The zero-order chi connectivity index (χ0) is 9.64. The van der Waals surface area contributed by atoms with Crippen molar-refractivity contribution < 1.29 is 0 Å². The minimum absolute atomic E-state index is 0.582. The SMILES string of the molecule is c1ccc(/N=N/c2ccccn2)nc1. The van der Waals surface area contributed by atoms with E-state index < -0.39 is 0 Å². The molecule has 0 aliphatic carbocycles. The van der Waals surface area contributed by atoms with E-state index in [4.69, 9.17) is 0 Å². The van der Waals surface area contributed by atoms with Crippen LogP contribution in [-0.4, -0.2) is 9.97 Å². The van der Waals surface area contributed by atoms with Crippen LogP contribution in [-0.2, 0) is 0 Å². The lowest BCUT2D eigenvalue weighted by atomic mass is 10.5. The highest BCUT2D eigenvalue weighted by molar-refractivity contribution is 5.28. The third kappa shape index (κ3) is 2.20. The molecule has 0 saturated carbocycles. The highest BCUT2D eigenvalue weighted by Crippen LogP contribution is 2.11. The van der Waals surface area contributed by atoms with Crippen LogP contribution in [0.2, 0.25) is 0 Å². The number of nitrogens with zero attached hydrogens (tertiary/aromatic N) is 4. The van der Waals surface area contributed by atoms with Crippen molar-refractivity contribution in [3.05, 3.63) is 48.8 Å². The summed E-state index contributed by atoms with van der Waals surface area (Å²) in [5.74, 6) is 1.16. The summed E-state index contributed by atoms with van der Waals surface area (Å²) in [6.07, 6.45) is 3.35. The van der Waals surface area contributed by atoms with Gasteiger partial charge in [-0.3, -0.25) is 0 Å². The van der Waals surface area contributed by atoms with Gasteiger partial charge in [0.15, 0.2) is 11.6 Å². The molecule has 0 spiro atoms. The molecule has 0 amide bonds. The predicted molar refractivity (Wildman–Crippen MR) is 52.7 cm³/mol. The molecule has 0 aliphatic rings. The normalized spacial score (nSPS) is 10.6. The third-order valence-electron chi connectivity index (χ3n) is 1.55. The number of hydrogen-bond donors (Lipinski definition) is 0. The number of hydrogen-bond acceptors (Lipinski definition) is 4. The summed E-state index contributed by atoms with van der Waals surface area (Å²) in [4.78, 5) is 8.01. The highest BCUT2D eigenvalue weighted by atomic mass is 15.2. The van der Waals surface area contributed by atoms with Gasteiger partial charge in [-0.05, 0) is 24.3 Å². The van der Waals surface area contributed by atoms with E-state index in [1.807, 2.05) is 24.3 Å². The van der Waals surface area contributed by atoms with Crippen LogP contribution in [0.4, 0.5) is 11.6 Å². The summed E-state index contributed by atoms with van der Waals surface area (Å²) in [6.45, 7) is 0. The van der Waals surface area contributed by atoms with Gasteiger partial charge in [-0.2, -0.15) is 0 Å². The molecular weight excluding hydrogens is 176 g/mol. The number of azo groups is 1. The lowest BCUT2D eigenvalue weighted by Crippen LogP contribution is -1.71. The fourth-order valence-electron chi connectivity index (χ4n) is 0.928. The standard InChI is InChI=1S/C10H8N4/c1-3-7-11-9(5-1)13-14-10-6-2-4-8-12-10/h1-8H/b14-13+. The molecule has 2 rings (SSSR count). The topological polar surface area (TPSA) is 50.5 Å². The van der Waals surface area contributed by atoms with Crippen molar-refractivity contribution in [3.8, 4) is 0 Å². The fourth-order valence-corrected chi connectivity index (χ4v) is 0.928. The van der Waals surface area contributed by atoms with E-state index in [2.05, 4.69) is 20.2 Å². The van der Waals surface area contributed by atoms with Crippen molar-refractivity contribution >= 4 is 11.6 Å². The van der Waals surface area contributed by atoms with Gasteiger partial charge in [-0.1, -0.05) is 12.1 Å². The Hall–Kier alpha value is -2.10. The molecule has 0 N–H and O–H groups in total. The zero-order valence-corrected chi connectivity index (χ0v) is 7.41. The maximum Gasteiger partial charge on any atom is 0.174 e. The fraction of sp³-hybridized carbons (Fsp3) is 0. The van der Waals surface area contributed by atoms with Crippen molar-refractivity contribution in [2.75, 3.05) is 0 Å². The Labute approximate surface area is 81.4 Å². The van der Waals surface area contributed by atoms with E-state index in [0.717, 1.165) is 0 Å². The first-order valence-electron chi connectivity index (χ1n) is 4.19. The second-order valence-electron chi connectivity index (χ2n) is 2.58. The number of aromatic nitrogens is 2. The monoisotopic (exact) mass is 184 g/mol. The summed E-state index contributed by atoms with van der Waals surface area (Å²) in [5, 5.41) is 7.86. The van der Waals surface area contributed by atoms with E-state index in [9.17, 15) is 0 Å². The van der Waals surface area contributed by atoms with Crippen molar-refractivity contribution in [2.45, 2.75) is 0 Å². The quantitative estimate of drug-likeness (QED) is 0.674. The lowest BCUT2D eigenvalue weighted by Gasteiger charge is -1.89. The van der Waals surface area contributed by atoms with Crippen LogP contribution in [0.15, 0.2) is 59.0 Å². The molecule has 0 aromatic carbocycles. The maximum absolute atomic E-state index is 4.01. The summed E-state index contributed by atoms with van der Waals surface area (Å²) in [6, 6.07) is 11.0. The number of rotatable bonds is 2. The molecule has 68 valence electrons. The van der Waals surface area contributed by atoms with Gasteiger partial charge in [0.2, 0.25) is 0 Å². The smallest absolute Gasteiger partial charge is 0.174 e. The molecule has 4 heteroatoms. The van der Waals surface area contributed by atoms with Gasteiger partial charge in [0.1, 0.15) is 0 Å². The molecule has 0 atom stereocenters. The Balaban J connectivity index is 2.16. The Bertz CT molecular complexity index is 369. The van der Waals surface area contributed by atoms with Gasteiger partial charge in [0.25, 0.3) is 0 Å². The molecule has 2 aromatic heterocycles. The Kier molecular flexibility index (Phi) is 2.56. The van der Waals surface area contributed by atoms with Gasteiger partial charge in [0, 0.05) is 12.4 Å². The average molecular weight is 184 g/mol. The van der Waals surface area contributed by atoms with Crippen molar-refractivity contribution in [1.82, 2.24) is 9.97 Å². The van der Waals surface area contributed by atoms with Gasteiger partial charge >= 0.3 is 0 Å². The molecule has 0 aliphatic heterocycles. The first-order valence-corrected chi connectivity index (χ1v) is 4.19. The average Bonchev–Trinajstić information content (AvgIpc) is 2.29.